The van der Waals surface area contributed by atoms with Crippen LogP contribution in [0.25, 0.3) is 5.65 Å². The highest BCUT2D eigenvalue weighted by molar-refractivity contribution is 5.50. The number of pyridine rings is 1. The summed E-state index contributed by atoms with van der Waals surface area (Å²) < 4.78 is 2.09. The van der Waals surface area contributed by atoms with Gasteiger partial charge in [0.15, 0.2) is 0 Å². The summed E-state index contributed by atoms with van der Waals surface area (Å²) in [5, 5.41) is 0. The van der Waals surface area contributed by atoms with Crippen molar-refractivity contribution in [3.05, 3.63) is 35.8 Å². The van der Waals surface area contributed by atoms with Crippen molar-refractivity contribution < 1.29 is 0 Å². The fourth-order valence-electron chi connectivity index (χ4n) is 1.63. The molecule has 68 valence electrons. The van der Waals surface area contributed by atoms with E-state index in [0.29, 0.717) is 5.92 Å². The van der Waals surface area contributed by atoms with Crippen molar-refractivity contribution in [2.45, 2.75) is 26.7 Å². The minimum atomic E-state index is 0.532. The summed E-state index contributed by atoms with van der Waals surface area (Å²) in [4.78, 5) is 4.34. The molecule has 0 aliphatic rings. The van der Waals surface area contributed by atoms with Gasteiger partial charge >= 0.3 is 0 Å². The number of hydrogen-bond acceptors (Lipinski definition) is 1. The molecule has 0 bridgehead atoms. The largest absolute Gasteiger partial charge is 0.307 e. The maximum atomic E-state index is 4.34. The molecule has 2 heterocycles. The van der Waals surface area contributed by atoms with E-state index < -0.39 is 0 Å². The Kier molecular flexibility index (Phi) is 1.83. The Labute approximate surface area is 78.2 Å². The Balaban J connectivity index is 2.77. The molecule has 0 atom stereocenters. The zero-order chi connectivity index (χ0) is 9.42. The predicted molar refractivity (Wildman–Crippen MR) is 54.0 cm³/mol. The second-order valence-corrected chi connectivity index (χ2v) is 3.79. The standard InChI is InChI=1S/C11H14N2/c1-8(2)10-6-9(3)7-13-5-4-12-11(10)13/h4-8H,1-3H3. The monoisotopic (exact) mass is 174 g/mol. The van der Waals surface area contributed by atoms with Crippen molar-refractivity contribution >= 4 is 5.65 Å². The summed E-state index contributed by atoms with van der Waals surface area (Å²) in [5.41, 5.74) is 3.69. The van der Waals surface area contributed by atoms with E-state index in [1.807, 2.05) is 12.4 Å². The van der Waals surface area contributed by atoms with E-state index in [1.54, 1.807) is 0 Å². The first-order valence-corrected chi connectivity index (χ1v) is 4.61. The molecule has 2 rings (SSSR count). The number of nitrogens with zero attached hydrogens (tertiary/aromatic N) is 2. The number of imidazole rings is 1. The fourth-order valence-corrected chi connectivity index (χ4v) is 1.63. The lowest BCUT2D eigenvalue weighted by Crippen LogP contribution is -1.95. The molecule has 0 radical (unpaired) electrons. The number of rotatable bonds is 1. The zero-order valence-electron chi connectivity index (χ0n) is 8.28. The third kappa shape index (κ3) is 1.32. The Morgan fingerprint density at radius 2 is 2.15 bits per heavy atom. The highest BCUT2D eigenvalue weighted by atomic mass is 15.0. The topological polar surface area (TPSA) is 17.3 Å². The van der Waals surface area contributed by atoms with Crippen molar-refractivity contribution in [3.63, 3.8) is 0 Å². The predicted octanol–water partition coefficient (Wildman–Crippen LogP) is 2.77. The molecule has 13 heavy (non-hydrogen) atoms. The van der Waals surface area contributed by atoms with Gasteiger partial charge in [-0.3, -0.25) is 0 Å². The molecule has 0 fully saturated rings. The number of aryl methyl sites for hydroxylation is 1. The molecule has 2 nitrogen and oxygen atoms in total. The first-order valence-electron chi connectivity index (χ1n) is 4.61. The molecule has 0 saturated heterocycles. The molecule has 0 spiro atoms. The van der Waals surface area contributed by atoms with Gasteiger partial charge in [-0.15, -0.1) is 0 Å². The van der Waals surface area contributed by atoms with Gasteiger partial charge in [0.05, 0.1) is 0 Å². The Morgan fingerprint density at radius 1 is 1.38 bits per heavy atom. The van der Waals surface area contributed by atoms with Crippen LogP contribution in [0.2, 0.25) is 0 Å². The number of hydrogen-bond donors (Lipinski definition) is 0. The van der Waals surface area contributed by atoms with Crippen molar-refractivity contribution in [2.75, 3.05) is 0 Å². The zero-order valence-corrected chi connectivity index (χ0v) is 8.28. The van der Waals surface area contributed by atoms with E-state index in [9.17, 15) is 0 Å². The van der Waals surface area contributed by atoms with Crippen LogP contribution in [0, 0.1) is 6.92 Å². The highest BCUT2D eigenvalue weighted by Crippen LogP contribution is 2.20. The summed E-state index contributed by atoms with van der Waals surface area (Å²) in [5.74, 6) is 0.532. The fraction of sp³-hybridized carbons (Fsp3) is 0.364. The van der Waals surface area contributed by atoms with Crippen LogP contribution in [-0.2, 0) is 0 Å². The Bertz CT molecular complexity index is 427. The van der Waals surface area contributed by atoms with E-state index in [4.69, 9.17) is 0 Å². The van der Waals surface area contributed by atoms with Crippen LogP contribution in [0.15, 0.2) is 24.7 Å². The normalized spacial score (nSPS) is 11.4. The van der Waals surface area contributed by atoms with Crippen molar-refractivity contribution in [1.29, 1.82) is 0 Å². The number of aromatic nitrogens is 2. The van der Waals surface area contributed by atoms with Crippen molar-refractivity contribution in [2.24, 2.45) is 0 Å². The molecular formula is C11H14N2. The molecule has 0 aliphatic heterocycles. The van der Waals surface area contributed by atoms with Gasteiger partial charge in [0, 0.05) is 18.6 Å². The van der Waals surface area contributed by atoms with Crippen molar-refractivity contribution in [1.82, 2.24) is 9.38 Å². The lowest BCUT2D eigenvalue weighted by molar-refractivity contribution is 0.860. The molecule has 0 aromatic carbocycles. The first kappa shape index (κ1) is 8.30. The summed E-state index contributed by atoms with van der Waals surface area (Å²) in [6.45, 7) is 6.51. The summed E-state index contributed by atoms with van der Waals surface area (Å²) in [6, 6.07) is 2.22. The lowest BCUT2D eigenvalue weighted by atomic mass is 10.0. The maximum Gasteiger partial charge on any atom is 0.140 e. The Morgan fingerprint density at radius 3 is 2.85 bits per heavy atom. The van der Waals surface area contributed by atoms with Gasteiger partial charge in [-0.2, -0.15) is 0 Å². The molecule has 0 aliphatic carbocycles. The second kappa shape index (κ2) is 2.87. The number of fused-ring (bicyclic) bond motifs is 1. The van der Waals surface area contributed by atoms with Gasteiger partial charge in [0.25, 0.3) is 0 Å². The minimum absolute atomic E-state index is 0.532. The second-order valence-electron chi connectivity index (χ2n) is 3.79. The summed E-state index contributed by atoms with van der Waals surface area (Å²) in [7, 11) is 0. The van der Waals surface area contributed by atoms with Crippen LogP contribution in [-0.4, -0.2) is 9.38 Å². The third-order valence-electron chi connectivity index (χ3n) is 2.27. The average Bonchev–Trinajstić information content (AvgIpc) is 2.49. The van der Waals surface area contributed by atoms with Crippen LogP contribution >= 0.6 is 0 Å². The molecular weight excluding hydrogens is 160 g/mol. The van der Waals surface area contributed by atoms with Crippen molar-refractivity contribution in [3.8, 4) is 0 Å². The quantitative estimate of drug-likeness (QED) is 0.649. The van der Waals surface area contributed by atoms with E-state index >= 15 is 0 Å². The van der Waals surface area contributed by atoms with E-state index in [-0.39, 0.29) is 0 Å². The molecule has 2 aromatic heterocycles. The molecule has 2 aromatic rings. The van der Waals surface area contributed by atoms with Gasteiger partial charge in [-0.25, -0.2) is 4.98 Å². The molecule has 0 N–H and O–H groups in total. The van der Waals surface area contributed by atoms with Crippen LogP contribution in [0.3, 0.4) is 0 Å². The van der Waals surface area contributed by atoms with Crippen LogP contribution in [0.5, 0.6) is 0 Å². The van der Waals surface area contributed by atoms with E-state index in [2.05, 4.69) is 42.4 Å². The Hall–Kier alpha value is -1.31. The average molecular weight is 174 g/mol. The van der Waals surface area contributed by atoms with Gasteiger partial charge < -0.3 is 4.40 Å². The van der Waals surface area contributed by atoms with E-state index in [0.717, 1.165) is 5.65 Å². The molecule has 0 unspecified atom stereocenters. The molecule has 0 saturated carbocycles. The van der Waals surface area contributed by atoms with Gasteiger partial charge in [-0.05, 0) is 24.0 Å². The summed E-state index contributed by atoms with van der Waals surface area (Å²) >= 11 is 0. The van der Waals surface area contributed by atoms with Crippen LogP contribution in [0.4, 0.5) is 0 Å². The first-order chi connectivity index (χ1) is 6.18. The molecule has 0 amide bonds. The van der Waals surface area contributed by atoms with Gasteiger partial charge in [0.1, 0.15) is 5.65 Å². The smallest absolute Gasteiger partial charge is 0.140 e. The third-order valence-corrected chi connectivity index (χ3v) is 2.27. The van der Waals surface area contributed by atoms with Gasteiger partial charge in [-0.1, -0.05) is 19.9 Å². The highest BCUT2D eigenvalue weighted by Gasteiger charge is 2.06. The minimum Gasteiger partial charge on any atom is -0.307 e. The molecule has 2 heteroatoms. The van der Waals surface area contributed by atoms with Gasteiger partial charge in [0.2, 0.25) is 0 Å². The van der Waals surface area contributed by atoms with E-state index in [1.165, 1.54) is 11.1 Å². The summed E-state index contributed by atoms with van der Waals surface area (Å²) in [6.07, 6.45) is 5.95. The SMILES string of the molecule is Cc1cc(C(C)C)c2nccn2c1. The van der Waals surface area contributed by atoms with Crippen LogP contribution < -0.4 is 0 Å². The maximum absolute atomic E-state index is 4.34. The lowest BCUT2D eigenvalue weighted by Gasteiger charge is -2.08. The van der Waals surface area contributed by atoms with Crippen LogP contribution in [0.1, 0.15) is 30.9 Å².